The van der Waals surface area contributed by atoms with Crippen LogP contribution in [0.3, 0.4) is 0 Å². The zero-order valence-electron chi connectivity index (χ0n) is 12.5. The molecule has 2 amide bonds. The van der Waals surface area contributed by atoms with Gasteiger partial charge in [-0.05, 0) is 42.8 Å². The number of nitrogens with zero attached hydrogens (tertiary/aromatic N) is 1. The molecule has 0 unspecified atom stereocenters. The van der Waals surface area contributed by atoms with Crippen LogP contribution in [-0.2, 0) is 4.79 Å². The first-order chi connectivity index (χ1) is 10.6. The lowest BCUT2D eigenvalue weighted by Crippen LogP contribution is -2.17. The molecule has 0 aliphatic heterocycles. The highest BCUT2D eigenvalue weighted by Crippen LogP contribution is 2.09. The van der Waals surface area contributed by atoms with Gasteiger partial charge in [0.2, 0.25) is 5.91 Å². The van der Waals surface area contributed by atoms with Crippen molar-refractivity contribution in [1.82, 2.24) is 10.3 Å². The van der Waals surface area contributed by atoms with E-state index in [1.54, 1.807) is 55.7 Å². The van der Waals surface area contributed by atoms with E-state index in [9.17, 15) is 9.59 Å². The highest BCUT2D eigenvalue weighted by atomic mass is 16.2. The number of hydrogen-bond acceptors (Lipinski definition) is 3. The smallest absolute Gasteiger partial charge is 0.251 e. The summed E-state index contributed by atoms with van der Waals surface area (Å²) in [4.78, 5) is 27.3. The van der Waals surface area contributed by atoms with Crippen LogP contribution in [0.2, 0.25) is 0 Å². The molecule has 2 N–H and O–H groups in total. The summed E-state index contributed by atoms with van der Waals surface area (Å²) in [5.74, 6) is -0.359. The highest BCUT2D eigenvalue weighted by Gasteiger charge is 2.02. The fourth-order valence-electron chi connectivity index (χ4n) is 1.87. The van der Waals surface area contributed by atoms with E-state index >= 15 is 0 Å². The van der Waals surface area contributed by atoms with Gasteiger partial charge in [-0.1, -0.05) is 12.1 Å². The summed E-state index contributed by atoms with van der Waals surface area (Å²) < 4.78 is 0. The zero-order valence-corrected chi connectivity index (χ0v) is 12.5. The fraction of sp³-hybridized carbons (Fsp3) is 0.118. The van der Waals surface area contributed by atoms with Crippen LogP contribution in [0.15, 0.2) is 48.7 Å². The first-order valence-electron chi connectivity index (χ1n) is 6.82. The van der Waals surface area contributed by atoms with Gasteiger partial charge < -0.3 is 10.6 Å². The van der Waals surface area contributed by atoms with Crippen molar-refractivity contribution in [2.24, 2.45) is 0 Å². The van der Waals surface area contributed by atoms with Crippen LogP contribution in [0, 0.1) is 6.92 Å². The number of anilines is 1. The third-order valence-electron chi connectivity index (χ3n) is 2.99. The Morgan fingerprint density at radius 1 is 1.14 bits per heavy atom. The number of nitrogens with one attached hydrogen (secondary N) is 2. The molecule has 0 saturated carbocycles. The van der Waals surface area contributed by atoms with Gasteiger partial charge in [0.1, 0.15) is 0 Å². The van der Waals surface area contributed by atoms with Crippen LogP contribution >= 0.6 is 0 Å². The summed E-state index contributed by atoms with van der Waals surface area (Å²) in [6, 6.07) is 10.5. The lowest BCUT2D eigenvalue weighted by molar-refractivity contribution is -0.111. The Bertz CT molecular complexity index is 706. The predicted molar refractivity (Wildman–Crippen MR) is 86.5 cm³/mol. The van der Waals surface area contributed by atoms with Gasteiger partial charge in [0.05, 0.1) is 0 Å². The summed E-state index contributed by atoms with van der Waals surface area (Å²) in [6.07, 6.45) is 4.79. The minimum absolute atomic E-state index is 0.138. The molecule has 22 heavy (non-hydrogen) atoms. The molecule has 0 bridgehead atoms. The normalized spacial score (nSPS) is 10.5. The average molecular weight is 295 g/mol. The second kappa shape index (κ2) is 7.17. The molecule has 112 valence electrons. The number of aryl methyl sites for hydroxylation is 1. The topological polar surface area (TPSA) is 71.1 Å². The molecule has 0 fully saturated rings. The van der Waals surface area contributed by atoms with Gasteiger partial charge in [0.25, 0.3) is 5.91 Å². The van der Waals surface area contributed by atoms with Gasteiger partial charge in [0.15, 0.2) is 0 Å². The Morgan fingerprint density at radius 3 is 2.50 bits per heavy atom. The Morgan fingerprint density at radius 2 is 1.86 bits per heavy atom. The average Bonchev–Trinajstić information content (AvgIpc) is 2.52. The minimum Gasteiger partial charge on any atom is -0.355 e. The molecule has 2 aromatic rings. The van der Waals surface area contributed by atoms with Crippen LogP contribution in [0.25, 0.3) is 6.08 Å². The van der Waals surface area contributed by atoms with Crippen molar-refractivity contribution in [2.75, 3.05) is 12.4 Å². The van der Waals surface area contributed by atoms with Gasteiger partial charge in [-0.3, -0.25) is 14.6 Å². The largest absolute Gasteiger partial charge is 0.355 e. The maximum absolute atomic E-state index is 11.8. The quantitative estimate of drug-likeness (QED) is 0.851. The van der Waals surface area contributed by atoms with Crippen molar-refractivity contribution in [1.29, 1.82) is 0 Å². The molecule has 5 heteroatoms. The molecule has 0 saturated heterocycles. The van der Waals surface area contributed by atoms with Crippen LogP contribution in [0.5, 0.6) is 0 Å². The third-order valence-corrected chi connectivity index (χ3v) is 2.99. The number of benzene rings is 1. The number of amides is 2. The number of carbonyl (C=O) groups is 2. The van der Waals surface area contributed by atoms with E-state index < -0.39 is 0 Å². The SMILES string of the molecule is CNC(=O)c1ccc(C=CC(=O)Nc2ccnc(C)c2)cc1. The molecule has 0 spiro atoms. The molecule has 0 atom stereocenters. The first-order valence-corrected chi connectivity index (χ1v) is 6.82. The maximum Gasteiger partial charge on any atom is 0.251 e. The van der Waals surface area contributed by atoms with Crippen molar-refractivity contribution in [3.05, 3.63) is 65.5 Å². The number of hydrogen-bond donors (Lipinski definition) is 2. The van der Waals surface area contributed by atoms with Crippen molar-refractivity contribution < 1.29 is 9.59 Å². The Balaban J connectivity index is 1.99. The Labute approximate surface area is 129 Å². The second-order valence-corrected chi connectivity index (χ2v) is 4.71. The number of carbonyl (C=O) groups excluding carboxylic acids is 2. The van der Waals surface area contributed by atoms with Gasteiger partial charge >= 0.3 is 0 Å². The molecular weight excluding hydrogens is 278 g/mol. The summed E-state index contributed by atoms with van der Waals surface area (Å²) in [5.41, 5.74) is 2.97. The lowest BCUT2D eigenvalue weighted by Gasteiger charge is -2.02. The van der Waals surface area contributed by atoms with Crippen LogP contribution < -0.4 is 10.6 Å². The summed E-state index contributed by atoms with van der Waals surface area (Å²) in [5, 5.41) is 5.32. The van der Waals surface area contributed by atoms with Gasteiger partial charge in [0, 0.05) is 36.3 Å². The minimum atomic E-state index is -0.221. The maximum atomic E-state index is 11.8. The van der Waals surface area contributed by atoms with E-state index in [1.165, 1.54) is 6.08 Å². The van der Waals surface area contributed by atoms with Crippen molar-refractivity contribution in [2.45, 2.75) is 6.92 Å². The lowest BCUT2D eigenvalue weighted by atomic mass is 10.1. The molecule has 1 aromatic carbocycles. The van der Waals surface area contributed by atoms with E-state index in [2.05, 4.69) is 15.6 Å². The molecule has 1 heterocycles. The standard InChI is InChI=1S/C17H17N3O2/c1-12-11-15(9-10-19-12)20-16(21)8-5-13-3-6-14(7-4-13)17(22)18-2/h3-11H,1-2H3,(H,18,22)(H,19,20,21). The molecule has 0 aliphatic carbocycles. The Hall–Kier alpha value is -2.95. The van der Waals surface area contributed by atoms with Crippen LogP contribution in [0.4, 0.5) is 5.69 Å². The van der Waals surface area contributed by atoms with Crippen molar-refractivity contribution >= 4 is 23.6 Å². The molecule has 1 aromatic heterocycles. The van der Waals surface area contributed by atoms with Crippen molar-refractivity contribution in [3.8, 4) is 0 Å². The summed E-state index contributed by atoms with van der Waals surface area (Å²) in [7, 11) is 1.58. The predicted octanol–water partition coefficient (Wildman–Crippen LogP) is 2.40. The Kier molecular flexibility index (Phi) is 5.03. The first kappa shape index (κ1) is 15.4. The number of rotatable bonds is 4. The monoisotopic (exact) mass is 295 g/mol. The third kappa shape index (κ3) is 4.28. The van der Waals surface area contributed by atoms with E-state index in [0.717, 1.165) is 11.3 Å². The molecule has 5 nitrogen and oxygen atoms in total. The van der Waals surface area contributed by atoms with E-state index in [1.807, 2.05) is 6.92 Å². The van der Waals surface area contributed by atoms with Gasteiger partial charge in [-0.2, -0.15) is 0 Å². The van der Waals surface area contributed by atoms with E-state index in [0.29, 0.717) is 11.3 Å². The van der Waals surface area contributed by atoms with E-state index in [4.69, 9.17) is 0 Å². The molecule has 0 radical (unpaired) electrons. The summed E-state index contributed by atoms with van der Waals surface area (Å²) in [6.45, 7) is 1.86. The number of aromatic nitrogens is 1. The zero-order chi connectivity index (χ0) is 15.9. The van der Waals surface area contributed by atoms with Crippen LogP contribution in [0.1, 0.15) is 21.6 Å². The van der Waals surface area contributed by atoms with Crippen molar-refractivity contribution in [3.63, 3.8) is 0 Å². The highest BCUT2D eigenvalue weighted by molar-refractivity contribution is 6.02. The fourth-order valence-corrected chi connectivity index (χ4v) is 1.87. The molecule has 0 aliphatic rings. The molecular formula is C17H17N3O2. The summed E-state index contributed by atoms with van der Waals surface area (Å²) >= 11 is 0. The van der Waals surface area contributed by atoms with Crippen LogP contribution in [-0.4, -0.2) is 23.8 Å². The van der Waals surface area contributed by atoms with Gasteiger partial charge in [-0.25, -0.2) is 0 Å². The second-order valence-electron chi connectivity index (χ2n) is 4.71. The van der Waals surface area contributed by atoms with E-state index in [-0.39, 0.29) is 11.8 Å². The number of pyridine rings is 1. The molecule has 2 rings (SSSR count). The van der Waals surface area contributed by atoms with Gasteiger partial charge in [-0.15, -0.1) is 0 Å².